The molecular weight excluding hydrogens is 558 g/mol. The minimum absolute atomic E-state index is 0.0445. The molecule has 7 aliphatic rings. The van der Waals surface area contributed by atoms with Crippen molar-refractivity contribution in [2.24, 2.45) is 32.5 Å². The Morgan fingerprint density at radius 1 is 1.32 bits per heavy atom. The molecule has 11 nitrogen and oxygen atoms in total. The maximum Gasteiger partial charge on any atom is 0.233 e. The van der Waals surface area contributed by atoms with Crippen molar-refractivity contribution in [1.29, 1.82) is 0 Å². The van der Waals surface area contributed by atoms with Gasteiger partial charge in [-0.25, -0.2) is 4.99 Å². The number of aliphatic hydroxyl groups is 1. The fraction of sp³-hybridized carbons (Fsp3) is 0.606. The van der Waals surface area contributed by atoms with Gasteiger partial charge in [0.1, 0.15) is 29.4 Å². The van der Waals surface area contributed by atoms with Crippen molar-refractivity contribution in [3.8, 4) is 0 Å². The fourth-order valence-electron chi connectivity index (χ4n) is 7.30. The summed E-state index contributed by atoms with van der Waals surface area (Å²) < 4.78 is 11.1. The Morgan fingerprint density at radius 3 is 2.82 bits per heavy atom. The molecule has 236 valence electrons. The number of rotatable bonds is 8. The van der Waals surface area contributed by atoms with Crippen molar-refractivity contribution >= 4 is 17.6 Å². The van der Waals surface area contributed by atoms with E-state index in [0.29, 0.717) is 44.5 Å². The van der Waals surface area contributed by atoms with Gasteiger partial charge in [-0.3, -0.25) is 9.79 Å². The summed E-state index contributed by atoms with van der Waals surface area (Å²) in [6.45, 7) is 7.09. The topological polar surface area (TPSA) is 146 Å². The molecule has 0 aromatic rings. The molecule has 2 spiro atoms. The molecule has 0 aromatic heterocycles. The lowest BCUT2D eigenvalue weighted by Gasteiger charge is -2.47. The van der Waals surface area contributed by atoms with E-state index in [1.54, 1.807) is 12.4 Å². The first-order valence-electron chi connectivity index (χ1n) is 16.1. The van der Waals surface area contributed by atoms with Crippen LogP contribution in [0, 0.1) is 16.7 Å². The largest absolute Gasteiger partial charge is 0.498 e. The maximum atomic E-state index is 13.7. The molecule has 2 saturated carbocycles. The summed E-state index contributed by atoms with van der Waals surface area (Å²) in [6, 6.07) is 0.220. The van der Waals surface area contributed by atoms with Crippen molar-refractivity contribution in [2.45, 2.75) is 76.6 Å². The highest BCUT2D eigenvalue weighted by Crippen LogP contribution is 2.61. The van der Waals surface area contributed by atoms with Crippen LogP contribution in [-0.4, -0.2) is 78.3 Å². The number of nitrogens with one attached hydrogen (secondary N) is 3. The van der Waals surface area contributed by atoms with E-state index in [2.05, 4.69) is 36.9 Å². The van der Waals surface area contributed by atoms with Crippen molar-refractivity contribution < 1.29 is 19.4 Å². The summed E-state index contributed by atoms with van der Waals surface area (Å²) in [4.78, 5) is 24.8. The molecule has 11 heteroatoms. The van der Waals surface area contributed by atoms with Crippen molar-refractivity contribution in [3.05, 3.63) is 59.4 Å². The summed E-state index contributed by atoms with van der Waals surface area (Å²) >= 11 is 0. The van der Waals surface area contributed by atoms with Crippen LogP contribution in [0.5, 0.6) is 0 Å². The normalized spacial score (nSPS) is 32.8. The third-order valence-electron chi connectivity index (χ3n) is 10.5. The van der Waals surface area contributed by atoms with E-state index in [4.69, 9.17) is 15.2 Å². The van der Waals surface area contributed by atoms with Crippen LogP contribution >= 0.6 is 0 Å². The van der Waals surface area contributed by atoms with Crippen LogP contribution in [0.4, 0.5) is 0 Å². The van der Waals surface area contributed by atoms with E-state index in [1.165, 1.54) is 0 Å². The van der Waals surface area contributed by atoms with Crippen LogP contribution in [-0.2, 0) is 14.3 Å². The van der Waals surface area contributed by atoms with Gasteiger partial charge in [-0.15, -0.1) is 0 Å². The molecule has 6 N–H and O–H groups in total. The van der Waals surface area contributed by atoms with Gasteiger partial charge < -0.3 is 41.2 Å². The second kappa shape index (κ2) is 11.1. The zero-order valence-corrected chi connectivity index (χ0v) is 25.8. The molecule has 3 aliphatic carbocycles. The highest BCUT2D eigenvalue weighted by Gasteiger charge is 2.65. The highest BCUT2D eigenvalue weighted by atomic mass is 16.5. The Morgan fingerprint density at radius 2 is 2.14 bits per heavy atom. The molecule has 7 rings (SSSR count). The van der Waals surface area contributed by atoms with Gasteiger partial charge in [0.05, 0.1) is 30.9 Å². The molecule has 0 bridgehead atoms. The van der Waals surface area contributed by atoms with E-state index < -0.39 is 6.23 Å². The first-order valence-corrected chi connectivity index (χ1v) is 16.1. The van der Waals surface area contributed by atoms with Crippen molar-refractivity contribution in [2.75, 3.05) is 32.9 Å². The first kappa shape index (κ1) is 29.2. The SMILES string of the molecule is CCOC1=CC(NC(O)C2C=CC(/C(NC3CC34CCC3(CC3)N(C(=O)C3(C)COC3)C4)=C3/NC=CN=C3N)=CC2)=NCC1. The predicted molar refractivity (Wildman–Crippen MR) is 168 cm³/mol. The number of nitrogens with two attached hydrogens (primary N) is 1. The fourth-order valence-corrected chi connectivity index (χ4v) is 7.30. The van der Waals surface area contributed by atoms with Crippen LogP contribution in [0.2, 0.25) is 0 Å². The van der Waals surface area contributed by atoms with Crippen LogP contribution in [0.3, 0.4) is 0 Å². The van der Waals surface area contributed by atoms with Crippen molar-refractivity contribution in [1.82, 2.24) is 20.9 Å². The third-order valence-corrected chi connectivity index (χ3v) is 10.5. The van der Waals surface area contributed by atoms with Crippen molar-refractivity contribution in [3.63, 3.8) is 0 Å². The number of nitrogens with zero attached hydrogens (tertiary/aromatic N) is 3. The lowest BCUT2D eigenvalue weighted by molar-refractivity contribution is -0.175. The van der Waals surface area contributed by atoms with E-state index in [0.717, 1.165) is 67.8 Å². The number of aliphatic hydroxyl groups excluding tert-OH is 1. The average molecular weight is 604 g/mol. The number of ether oxygens (including phenoxy) is 2. The number of carbonyl (C=O) groups excluding carboxylic acids is 1. The summed E-state index contributed by atoms with van der Waals surface area (Å²) in [6.07, 6.45) is 17.6. The van der Waals surface area contributed by atoms with Crippen LogP contribution < -0.4 is 21.7 Å². The van der Waals surface area contributed by atoms with Gasteiger partial charge in [-0.2, -0.15) is 0 Å². The second-order valence-electron chi connectivity index (χ2n) is 13.7. The van der Waals surface area contributed by atoms with Crippen LogP contribution in [0.25, 0.3) is 0 Å². The Kier molecular flexibility index (Phi) is 7.36. The molecular formula is C33H45N7O4. The van der Waals surface area contributed by atoms with E-state index in [-0.39, 0.29) is 34.2 Å². The van der Waals surface area contributed by atoms with Gasteiger partial charge in [0, 0.05) is 60.9 Å². The average Bonchev–Trinajstić information content (AvgIpc) is 3.93. The summed E-state index contributed by atoms with van der Waals surface area (Å²) in [5.74, 6) is 2.09. The zero-order valence-electron chi connectivity index (χ0n) is 25.8. The monoisotopic (exact) mass is 603 g/mol. The molecule has 0 radical (unpaired) electrons. The van der Waals surface area contributed by atoms with E-state index in [9.17, 15) is 9.90 Å². The van der Waals surface area contributed by atoms with Gasteiger partial charge in [0.2, 0.25) is 5.91 Å². The molecule has 4 aliphatic heterocycles. The number of piperidine rings is 1. The Balaban J connectivity index is 1.05. The molecule has 4 fully saturated rings. The molecule has 44 heavy (non-hydrogen) atoms. The molecule has 2 saturated heterocycles. The van der Waals surface area contributed by atoms with Gasteiger partial charge in [0.25, 0.3) is 0 Å². The number of hydrogen-bond acceptors (Lipinski definition) is 10. The van der Waals surface area contributed by atoms with Gasteiger partial charge >= 0.3 is 0 Å². The Hall–Kier alpha value is -3.57. The smallest absolute Gasteiger partial charge is 0.233 e. The minimum atomic E-state index is -0.790. The highest BCUT2D eigenvalue weighted by molar-refractivity contribution is 5.99. The summed E-state index contributed by atoms with van der Waals surface area (Å²) in [5, 5.41) is 21.3. The number of carbonyl (C=O) groups is 1. The molecule has 4 atom stereocenters. The number of amides is 1. The summed E-state index contributed by atoms with van der Waals surface area (Å²) in [5.41, 5.74) is 8.75. The molecule has 4 unspecified atom stereocenters. The Labute approximate surface area is 259 Å². The predicted octanol–water partition coefficient (Wildman–Crippen LogP) is 2.30. The zero-order chi connectivity index (χ0) is 30.5. The molecule has 4 heterocycles. The quantitative estimate of drug-likeness (QED) is 0.266. The van der Waals surface area contributed by atoms with Gasteiger partial charge in [-0.1, -0.05) is 18.2 Å². The number of amidine groups is 2. The molecule has 1 amide bonds. The lowest BCUT2D eigenvalue weighted by atomic mass is 9.81. The lowest BCUT2D eigenvalue weighted by Crippen LogP contribution is -2.60. The maximum absolute atomic E-state index is 13.7. The third kappa shape index (κ3) is 5.34. The number of dihydropyridines is 1. The number of hydrogen-bond donors (Lipinski definition) is 5. The minimum Gasteiger partial charge on any atom is -0.498 e. The van der Waals surface area contributed by atoms with Crippen LogP contribution in [0.15, 0.2) is 69.4 Å². The Bertz CT molecular complexity index is 1420. The standard InChI is InChI=1S/C33H45N7O4/c1-3-44-23-8-13-35-25(16-23)39-29(41)22-6-4-21(5-7-22)26(27-28(34)37-15-14-36-27)38-24-17-32(24)9-10-33(11-12-33)40(18-32)30(42)31(2)19-43-20-31/h4-6,14-16,22,24,29,36,38,41H,3,7-13,17-20H2,1-2H3,(H2,34,37)(H,35,39)/b27-26-. The molecule has 0 aromatic carbocycles. The number of likely N-dealkylation sites (tertiary alicyclic amines) is 1. The van der Waals surface area contributed by atoms with Gasteiger partial charge in [0.15, 0.2) is 0 Å². The van der Waals surface area contributed by atoms with Crippen LogP contribution in [0.1, 0.15) is 58.8 Å². The number of aliphatic imine (C=N–C) groups is 2. The van der Waals surface area contributed by atoms with E-state index >= 15 is 0 Å². The van der Waals surface area contributed by atoms with E-state index in [1.807, 2.05) is 32.1 Å². The second-order valence-corrected chi connectivity index (χ2v) is 13.7. The van der Waals surface area contributed by atoms with Gasteiger partial charge in [-0.05, 0) is 57.9 Å². The number of allylic oxidation sites excluding steroid dienone is 2. The summed E-state index contributed by atoms with van der Waals surface area (Å²) in [7, 11) is 0. The first-order chi connectivity index (χ1) is 21.2.